The highest BCUT2D eigenvalue weighted by Gasteiger charge is 2.19. The van der Waals surface area contributed by atoms with Crippen LogP contribution in [0.4, 0.5) is 0 Å². The summed E-state index contributed by atoms with van der Waals surface area (Å²) in [6.07, 6.45) is 33.7. The second-order valence-electron chi connectivity index (χ2n) is 12.2. The lowest BCUT2D eigenvalue weighted by atomic mass is 10.0. The molecule has 0 heterocycles. The van der Waals surface area contributed by atoms with Gasteiger partial charge in [0.2, 0.25) is 5.91 Å². The molecule has 0 aromatic heterocycles. The molecule has 7 nitrogen and oxygen atoms in total. The van der Waals surface area contributed by atoms with Gasteiger partial charge in [0.15, 0.2) is 0 Å². The molecule has 0 rings (SSSR count). The van der Waals surface area contributed by atoms with Crippen molar-refractivity contribution in [2.24, 2.45) is 0 Å². The van der Waals surface area contributed by atoms with E-state index in [2.05, 4.69) is 19.2 Å². The van der Waals surface area contributed by atoms with Gasteiger partial charge in [0.1, 0.15) is 0 Å². The Morgan fingerprint density at radius 2 is 1.13 bits per heavy atom. The second-order valence-corrected chi connectivity index (χ2v) is 12.2. The monoisotopic (exact) mass is 633 g/mol. The van der Waals surface area contributed by atoms with E-state index in [9.17, 15) is 30.3 Å². The highest BCUT2D eigenvalue weighted by molar-refractivity contribution is 5.76. The van der Waals surface area contributed by atoms with E-state index in [0.29, 0.717) is 6.42 Å². The van der Waals surface area contributed by atoms with Crippen LogP contribution in [0.3, 0.4) is 0 Å². The summed E-state index contributed by atoms with van der Waals surface area (Å²) >= 11 is 0. The number of aliphatic hydroxyl groups is 5. The van der Waals surface area contributed by atoms with E-state index in [1.54, 1.807) is 36.5 Å². The molecule has 0 aliphatic carbocycles. The lowest BCUT2D eigenvalue weighted by Gasteiger charge is -2.20. The van der Waals surface area contributed by atoms with E-state index in [1.807, 2.05) is 18.2 Å². The van der Waals surface area contributed by atoms with E-state index >= 15 is 0 Å². The first-order valence-corrected chi connectivity index (χ1v) is 17.8. The Balaban J connectivity index is 4.09. The fourth-order valence-corrected chi connectivity index (χ4v) is 4.91. The Labute approximate surface area is 274 Å². The fraction of sp³-hybridized carbons (Fsp3) is 0.711. The number of nitrogens with one attached hydrogen (secondary N) is 1. The number of allylic oxidation sites excluding steroid dienone is 7. The molecule has 0 bridgehead atoms. The smallest absolute Gasteiger partial charge is 0.220 e. The molecular weight excluding hydrogens is 566 g/mol. The summed E-state index contributed by atoms with van der Waals surface area (Å²) < 4.78 is 0. The zero-order valence-electron chi connectivity index (χ0n) is 28.4. The van der Waals surface area contributed by atoms with Crippen LogP contribution in [0.2, 0.25) is 0 Å². The molecule has 0 radical (unpaired) electrons. The van der Waals surface area contributed by atoms with Crippen LogP contribution in [0, 0.1) is 0 Å². The van der Waals surface area contributed by atoms with Gasteiger partial charge in [-0.15, -0.1) is 0 Å². The predicted octanol–water partition coefficient (Wildman–Crippen LogP) is 7.14. The third-order valence-electron chi connectivity index (χ3n) is 7.86. The Morgan fingerprint density at radius 3 is 1.73 bits per heavy atom. The molecule has 0 aliphatic heterocycles. The number of rotatable bonds is 30. The molecule has 0 spiro atoms. The number of unbranched alkanes of at least 4 members (excludes halogenated alkanes) is 13. The predicted molar refractivity (Wildman–Crippen MR) is 188 cm³/mol. The van der Waals surface area contributed by atoms with Crippen LogP contribution < -0.4 is 5.32 Å². The average Bonchev–Trinajstić information content (AvgIpc) is 3.03. The molecule has 0 fully saturated rings. The van der Waals surface area contributed by atoms with Crippen molar-refractivity contribution in [1.82, 2.24) is 5.32 Å². The fourth-order valence-electron chi connectivity index (χ4n) is 4.91. The Kier molecular flexibility index (Phi) is 30.5. The van der Waals surface area contributed by atoms with Gasteiger partial charge in [-0.05, 0) is 32.1 Å². The Hall–Kier alpha value is -2.03. The van der Waals surface area contributed by atoms with Crippen molar-refractivity contribution >= 4 is 5.91 Å². The number of amides is 1. The molecular formula is C38H67NO6. The van der Waals surface area contributed by atoms with Gasteiger partial charge in [-0.2, -0.15) is 0 Å². The average molecular weight is 634 g/mol. The van der Waals surface area contributed by atoms with Crippen molar-refractivity contribution in [2.45, 2.75) is 166 Å². The first-order chi connectivity index (χ1) is 21.8. The summed E-state index contributed by atoms with van der Waals surface area (Å²) in [5, 5.41) is 52.9. The number of hydrogen-bond donors (Lipinski definition) is 6. The normalized spacial score (nSPS) is 16.0. The van der Waals surface area contributed by atoms with Gasteiger partial charge in [-0.25, -0.2) is 0 Å². The van der Waals surface area contributed by atoms with Crippen molar-refractivity contribution in [2.75, 3.05) is 6.61 Å². The molecule has 1 amide bonds. The topological polar surface area (TPSA) is 130 Å². The molecule has 0 unspecified atom stereocenters. The maximum absolute atomic E-state index is 12.3. The molecule has 45 heavy (non-hydrogen) atoms. The molecule has 0 saturated heterocycles. The minimum Gasteiger partial charge on any atom is -0.394 e. The van der Waals surface area contributed by atoms with Crippen LogP contribution in [0.5, 0.6) is 0 Å². The zero-order valence-corrected chi connectivity index (χ0v) is 28.4. The van der Waals surface area contributed by atoms with Crippen LogP contribution in [0.15, 0.2) is 60.8 Å². The molecule has 260 valence electrons. The number of aliphatic hydroxyl groups excluding tert-OH is 5. The van der Waals surface area contributed by atoms with Gasteiger partial charge >= 0.3 is 0 Å². The highest BCUT2D eigenvalue weighted by atomic mass is 16.3. The van der Waals surface area contributed by atoms with Gasteiger partial charge in [0.05, 0.1) is 37.1 Å². The summed E-state index contributed by atoms with van der Waals surface area (Å²) in [5.74, 6) is -0.318. The lowest BCUT2D eigenvalue weighted by molar-refractivity contribution is -0.123. The third kappa shape index (κ3) is 28.0. The second kappa shape index (κ2) is 31.9. The molecule has 0 aromatic carbocycles. The van der Waals surface area contributed by atoms with Crippen molar-refractivity contribution in [3.63, 3.8) is 0 Å². The zero-order chi connectivity index (χ0) is 33.4. The molecule has 0 saturated carbocycles. The molecule has 7 heteroatoms. The van der Waals surface area contributed by atoms with Crippen LogP contribution in [-0.2, 0) is 4.79 Å². The van der Waals surface area contributed by atoms with Crippen molar-refractivity contribution in [1.29, 1.82) is 0 Å². The third-order valence-corrected chi connectivity index (χ3v) is 7.86. The largest absolute Gasteiger partial charge is 0.394 e. The van der Waals surface area contributed by atoms with E-state index in [4.69, 9.17) is 0 Å². The minimum atomic E-state index is -1.06. The van der Waals surface area contributed by atoms with Crippen LogP contribution >= 0.6 is 0 Å². The Bertz CT molecular complexity index is 821. The van der Waals surface area contributed by atoms with Gasteiger partial charge in [-0.1, -0.05) is 158 Å². The van der Waals surface area contributed by atoms with E-state index in [-0.39, 0.29) is 25.4 Å². The van der Waals surface area contributed by atoms with Gasteiger partial charge in [0.25, 0.3) is 0 Å². The number of carbonyl (C=O) groups excluding carboxylic acids is 1. The van der Waals surface area contributed by atoms with Crippen molar-refractivity contribution < 1.29 is 30.3 Å². The first-order valence-electron chi connectivity index (χ1n) is 17.8. The number of carbonyl (C=O) groups is 1. The van der Waals surface area contributed by atoms with E-state index in [0.717, 1.165) is 38.5 Å². The van der Waals surface area contributed by atoms with E-state index in [1.165, 1.54) is 70.3 Å². The van der Waals surface area contributed by atoms with Crippen LogP contribution in [-0.4, -0.2) is 68.5 Å². The molecule has 0 aliphatic rings. The summed E-state index contributed by atoms with van der Waals surface area (Å²) in [5.41, 5.74) is 0. The molecule has 5 atom stereocenters. The summed E-state index contributed by atoms with van der Waals surface area (Å²) in [6.45, 7) is 4.01. The highest BCUT2D eigenvalue weighted by Crippen LogP contribution is 2.13. The first kappa shape index (κ1) is 43.0. The summed E-state index contributed by atoms with van der Waals surface area (Å²) in [4.78, 5) is 12.3. The van der Waals surface area contributed by atoms with Crippen LogP contribution in [0.1, 0.15) is 136 Å². The quantitative estimate of drug-likeness (QED) is 0.0283. The molecule has 0 aromatic rings. The summed E-state index contributed by atoms with van der Waals surface area (Å²) in [6, 6.07) is -0.781. The molecule has 6 N–H and O–H groups in total. The van der Waals surface area contributed by atoms with Crippen molar-refractivity contribution in [3.05, 3.63) is 60.8 Å². The SMILES string of the molecule is CCCCCCCCCCCCC/C=C/[C@@H](O)[C@H](CO)NC(=O)CCC[C@H](O)[C@@H](O)/C=C/C=C/C=C\C=C\[C@@H](O)CCCCC. The van der Waals surface area contributed by atoms with Gasteiger partial charge in [-0.3, -0.25) is 4.79 Å². The van der Waals surface area contributed by atoms with Gasteiger partial charge < -0.3 is 30.8 Å². The standard InChI is InChI=1S/C38H67NO6/c1-3-5-7-8-9-10-11-12-13-14-15-19-23-28-35(42)34(32-40)39-38(45)31-25-30-37(44)36(43)29-24-20-17-16-18-22-27-33(41)26-21-6-4-2/h16-18,20,22-24,27-29,33-37,40-44H,3-15,19,21,25-26,30-32H2,1-2H3,(H,39,45)/b18-16-,20-17+,27-22+,28-23+,29-24+/t33-,34-,35+,36-,37-/m0/s1. The van der Waals surface area contributed by atoms with Crippen LogP contribution in [0.25, 0.3) is 0 Å². The maximum atomic E-state index is 12.3. The minimum absolute atomic E-state index is 0.116. The summed E-state index contributed by atoms with van der Waals surface area (Å²) in [7, 11) is 0. The number of hydrogen-bond acceptors (Lipinski definition) is 6. The lowest BCUT2D eigenvalue weighted by Crippen LogP contribution is -2.45. The Morgan fingerprint density at radius 1 is 0.600 bits per heavy atom. The maximum Gasteiger partial charge on any atom is 0.220 e. The van der Waals surface area contributed by atoms with Gasteiger partial charge in [0, 0.05) is 6.42 Å². The van der Waals surface area contributed by atoms with Crippen molar-refractivity contribution in [3.8, 4) is 0 Å². The van der Waals surface area contributed by atoms with E-state index < -0.39 is 30.5 Å².